The SMILES string of the molecule is Cc1nc(C)c(C(=O)O)c(SC/C=C/c2ccccc2)n1. The van der Waals surface area contributed by atoms with Gasteiger partial charge in [-0.05, 0) is 19.4 Å². The summed E-state index contributed by atoms with van der Waals surface area (Å²) in [4.78, 5) is 19.6. The fourth-order valence-electron chi connectivity index (χ4n) is 1.91. The van der Waals surface area contributed by atoms with Crippen LogP contribution in [0.3, 0.4) is 0 Å². The van der Waals surface area contributed by atoms with Crippen LogP contribution in [0.15, 0.2) is 41.4 Å². The number of rotatable bonds is 5. The third-order valence-corrected chi connectivity index (χ3v) is 3.74. The first-order chi connectivity index (χ1) is 10.1. The van der Waals surface area contributed by atoms with E-state index in [1.807, 2.05) is 42.5 Å². The first-order valence-electron chi connectivity index (χ1n) is 6.51. The maximum Gasteiger partial charge on any atom is 0.340 e. The number of thioether (sulfide) groups is 1. The molecule has 1 heterocycles. The van der Waals surface area contributed by atoms with E-state index in [4.69, 9.17) is 0 Å². The van der Waals surface area contributed by atoms with Crippen LogP contribution in [0.4, 0.5) is 0 Å². The van der Waals surface area contributed by atoms with E-state index in [0.29, 0.717) is 22.3 Å². The van der Waals surface area contributed by atoms with Gasteiger partial charge in [0.2, 0.25) is 0 Å². The van der Waals surface area contributed by atoms with Crippen LogP contribution in [0.1, 0.15) is 27.4 Å². The Morgan fingerprint density at radius 1 is 1.24 bits per heavy atom. The van der Waals surface area contributed by atoms with Gasteiger partial charge in [0, 0.05) is 5.75 Å². The zero-order valence-corrected chi connectivity index (χ0v) is 12.7. The maximum atomic E-state index is 11.3. The second-order valence-electron chi connectivity index (χ2n) is 4.47. The Morgan fingerprint density at radius 3 is 2.62 bits per heavy atom. The molecule has 4 nitrogen and oxygen atoms in total. The highest BCUT2D eigenvalue weighted by Gasteiger charge is 2.16. The quantitative estimate of drug-likeness (QED) is 0.675. The molecule has 0 unspecified atom stereocenters. The Hall–Kier alpha value is -2.14. The highest BCUT2D eigenvalue weighted by atomic mass is 32.2. The van der Waals surface area contributed by atoms with Crippen molar-refractivity contribution in [2.45, 2.75) is 18.9 Å². The fraction of sp³-hybridized carbons (Fsp3) is 0.188. The molecule has 21 heavy (non-hydrogen) atoms. The third kappa shape index (κ3) is 4.16. The summed E-state index contributed by atoms with van der Waals surface area (Å²) in [6.45, 7) is 3.46. The highest BCUT2D eigenvalue weighted by molar-refractivity contribution is 7.99. The molecular formula is C16H16N2O2S. The van der Waals surface area contributed by atoms with Crippen molar-refractivity contribution in [2.24, 2.45) is 0 Å². The van der Waals surface area contributed by atoms with Crippen molar-refractivity contribution in [3.05, 3.63) is 59.1 Å². The molecule has 0 radical (unpaired) electrons. The zero-order valence-electron chi connectivity index (χ0n) is 11.9. The molecule has 0 atom stereocenters. The van der Waals surface area contributed by atoms with Crippen molar-refractivity contribution in [1.82, 2.24) is 9.97 Å². The van der Waals surface area contributed by atoms with Gasteiger partial charge in [-0.2, -0.15) is 0 Å². The number of carbonyl (C=O) groups is 1. The summed E-state index contributed by atoms with van der Waals surface area (Å²) in [5, 5.41) is 9.78. The lowest BCUT2D eigenvalue weighted by atomic mass is 10.2. The Morgan fingerprint density at radius 2 is 1.95 bits per heavy atom. The van der Waals surface area contributed by atoms with Crippen molar-refractivity contribution in [1.29, 1.82) is 0 Å². The predicted molar refractivity (Wildman–Crippen MR) is 84.7 cm³/mol. The number of aryl methyl sites for hydroxylation is 2. The van der Waals surface area contributed by atoms with Gasteiger partial charge in [0.05, 0.1) is 5.69 Å². The minimum absolute atomic E-state index is 0.193. The van der Waals surface area contributed by atoms with Crippen LogP contribution >= 0.6 is 11.8 Å². The van der Waals surface area contributed by atoms with Crippen molar-refractivity contribution in [3.8, 4) is 0 Å². The summed E-state index contributed by atoms with van der Waals surface area (Å²) in [5.74, 6) is 0.263. The summed E-state index contributed by atoms with van der Waals surface area (Å²) in [7, 11) is 0. The van der Waals surface area contributed by atoms with Crippen molar-refractivity contribution >= 4 is 23.8 Å². The van der Waals surface area contributed by atoms with Gasteiger partial charge in [0.25, 0.3) is 0 Å². The van der Waals surface area contributed by atoms with E-state index in [2.05, 4.69) is 9.97 Å². The van der Waals surface area contributed by atoms with Crippen LogP contribution in [-0.2, 0) is 0 Å². The van der Waals surface area contributed by atoms with Gasteiger partial charge < -0.3 is 5.11 Å². The van der Waals surface area contributed by atoms with Gasteiger partial charge >= 0.3 is 5.97 Å². The Balaban J connectivity index is 2.10. The van der Waals surface area contributed by atoms with Gasteiger partial charge in [0.1, 0.15) is 16.4 Å². The van der Waals surface area contributed by atoms with Crippen molar-refractivity contribution in [2.75, 3.05) is 5.75 Å². The zero-order chi connectivity index (χ0) is 15.2. The molecule has 1 N–H and O–H groups in total. The standard InChI is InChI=1S/C16H16N2O2S/c1-11-14(16(19)20)15(18-12(2)17-11)21-10-6-9-13-7-4-3-5-8-13/h3-9H,10H2,1-2H3,(H,19,20)/b9-6+. The Bertz CT molecular complexity index is 669. The number of aromatic nitrogens is 2. The lowest BCUT2D eigenvalue weighted by molar-refractivity contribution is 0.0690. The average Bonchev–Trinajstić information content (AvgIpc) is 2.43. The van der Waals surface area contributed by atoms with Gasteiger partial charge in [-0.15, -0.1) is 11.8 Å². The molecule has 108 valence electrons. The number of aromatic carboxylic acids is 1. The predicted octanol–water partition coefficient (Wildman–Crippen LogP) is 3.60. The average molecular weight is 300 g/mol. The van der Waals surface area contributed by atoms with Gasteiger partial charge in [-0.1, -0.05) is 42.5 Å². The number of benzene rings is 1. The molecule has 2 aromatic rings. The van der Waals surface area contributed by atoms with E-state index >= 15 is 0 Å². The van der Waals surface area contributed by atoms with Gasteiger partial charge in [0.15, 0.2) is 0 Å². The first-order valence-corrected chi connectivity index (χ1v) is 7.49. The molecule has 0 bridgehead atoms. The monoisotopic (exact) mass is 300 g/mol. The van der Waals surface area contributed by atoms with E-state index in [1.54, 1.807) is 13.8 Å². The number of nitrogens with zero attached hydrogens (tertiary/aromatic N) is 2. The number of hydrogen-bond acceptors (Lipinski definition) is 4. The molecule has 2 rings (SSSR count). The number of carboxylic acid groups (broad SMARTS) is 1. The minimum atomic E-state index is -0.984. The molecule has 0 fully saturated rings. The van der Waals surface area contributed by atoms with Crippen LogP contribution in [0.2, 0.25) is 0 Å². The summed E-state index contributed by atoms with van der Waals surface area (Å²) in [5.41, 5.74) is 1.81. The molecule has 0 aliphatic carbocycles. The van der Waals surface area contributed by atoms with Crippen LogP contribution in [0, 0.1) is 13.8 Å². The van der Waals surface area contributed by atoms with Crippen LogP contribution < -0.4 is 0 Å². The van der Waals surface area contributed by atoms with Crippen molar-refractivity contribution in [3.63, 3.8) is 0 Å². The normalized spacial score (nSPS) is 11.0. The largest absolute Gasteiger partial charge is 0.478 e. The van der Waals surface area contributed by atoms with E-state index in [-0.39, 0.29) is 5.56 Å². The molecule has 0 amide bonds. The second kappa shape index (κ2) is 7.04. The lowest BCUT2D eigenvalue weighted by Gasteiger charge is -2.07. The Kier molecular flexibility index (Phi) is 5.11. The van der Waals surface area contributed by atoms with Gasteiger partial charge in [-0.25, -0.2) is 14.8 Å². The third-order valence-electron chi connectivity index (χ3n) is 2.81. The molecule has 0 aliphatic rings. The minimum Gasteiger partial charge on any atom is -0.478 e. The summed E-state index contributed by atoms with van der Waals surface area (Å²) in [6.07, 6.45) is 4.01. The Labute approximate surface area is 128 Å². The molecule has 1 aromatic carbocycles. The number of carboxylic acids is 1. The van der Waals surface area contributed by atoms with E-state index < -0.39 is 5.97 Å². The van der Waals surface area contributed by atoms with Crippen molar-refractivity contribution < 1.29 is 9.90 Å². The molecule has 0 aliphatic heterocycles. The topological polar surface area (TPSA) is 63.1 Å². The smallest absolute Gasteiger partial charge is 0.340 e. The number of hydrogen-bond donors (Lipinski definition) is 1. The molecule has 5 heteroatoms. The van der Waals surface area contributed by atoms with E-state index in [0.717, 1.165) is 5.56 Å². The fourth-order valence-corrected chi connectivity index (χ4v) is 2.83. The summed E-state index contributed by atoms with van der Waals surface area (Å²) < 4.78 is 0. The lowest BCUT2D eigenvalue weighted by Crippen LogP contribution is -2.08. The molecular weight excluding hydrogens is 284 g/mol. The second-order valence-corrected chi connectivity index (χ2v) is 5.47. The van der Waals surface area contributed by atoms with Crippen LogP contribution in [0.5, 0.6) is 0 Å². The molecule has 0 spiro atoms. The van der Waals surface area contributed by atoms with E-state index in [9.17, 15) is 9.90 Å². The van der Waals surface area contributed by atoms with Crippen LogP contribution in [-0.4, -0.2) is 26.8 Å². The first kappa shape index (κ1) is 15.3. The molecule has 1 aromatic heterocycles. The highest BCUT2D eigenvalue weighted by Crippen LogP contribution is 2.23. The van der Waals surface area contributed by atoms with Crippen LogP contribution in [0.25, 0.3) is 6.08 Å². The molecule has 0 saturated heterocycles. The van der Waals surface area contributed by atoms with Gasteiger partial charge in [-0.3, -0.25) is 0 Å². The molecule has 0 saturated carbocycles. The summed E-state index contributed by atoms with van der Waals surface area (Å²) >= 11 is 1.40. The summed E-state index contributed by atoms with van der Waals surface area (Å²) in [6, 6.07) is 9.96. The maximum absolute atomic E-state index is 11.3. The van der Waals surface area contributed by atoms with E-state index in [1.165, 1.54) is 11.8 Å².